The van der Waals surface area contributed by atoms with Gasteiger partial charge in [-0.25, -0.2) is 5.84 Å². The van der Waals surface area contributed by atoms with Gasteiger partial charge >= 0.3 is 0 Å². The molecule has 1 saturated carbocycles. The van der Waals surface area contributed by atoms with Gasteiger partial charge < -0.3 is 10.2 Å². The molecule has 0 spiro atoms. The Balaban J connectivity index is 1.97. The zero-order valence-corrected chi connectivity index (χ0v) is 9.65. The van der Waals surface area contributed by atoms with Crippen molar-refractivity contribution in [1.29, 1.82) is 0 Å². The van der Waals surface area contributed by atoms with E-state index in [1.807, 2.05) is 18.2 Å². The molecule has 1 aliphatic carbocycles. The predicted octanol–water partition coefficient (Wildman–Crippen LogP) is 2.32. The van der Waals surface area contributed by atoms with Crippen LogP contribution in [0, 0.1) is 5.92 Å². The standard InChI is InChI=1S/C12H19N3O/c1-9-4-2-5-10(8-9)16-12-7-3-6-11(14-12)15-13/h3,6-7,9-10H,2,4-5,8,13H2,1H3,(H,14,15). The number of ether oxygens (including phenoxy) is 1. The zero-order chi connectivity index (χ0) is 11.4. The number of hydrogen-bond acceptors (Lipinski definition) is 4. The largest absolute Gasteiger partial charge is 0.474 e. The fraction of sp³-hybridized carbons (Fsp3) is 0.583. The number of pyridine rings is 1. The van der Waals surface area contributed by atoms with Crippen molar-refractivity contribution in [3.8, 4) is 5.88 Å². The Morgan fingerprint density at radius 2 is 2.31 bits per heavy atom. The number of hydrogen-bond donors (Lipinski definition) is 2. The second-order valence-corrected chi connectivity index (χ2v) is 4.52. The molecular formula is C12H19N3O. The van der Waals surface area contributed by atoms with Gasteiger partial charge in [0.1, 0.15) is 11.9 Å². The Morgan fingerprint density at radius 1 is 1.44 bits per heavy atom. The van der Waals surface area contributed by atoms with Crippen LogP contribution in [0.15, 0.2) is 18.2 Å². The van der Waals surface area contributed by atoms with Gasteiger partial charge in [-0.05, 0) is 31.2 Å². The molecule has 4 heteroatoms. The SMILES string of the molecule is CC1CCCC(Oc2cccc(NN)n2)C1. The number of nitrogens with zero attached hydrogens (tertiary/aromatic N) is 1. The van der Waals surface area contributed by atoms with Crippen LogP contribution < -0.4 is 16.0 Å². The summed E-state index contributed by atoms with van der Waals surface area (Å²) < 4.78 is 5.86. The van der Waals surface area contributed by atoms with Crippen LogP contribution >= 0.6 is 0 Å². The molecule has 1 heterocycles. The Kier molecular flexibility index (Phi) is 3.62. The lowest BCUT2D eigenvalue weighted by molar-refractivity contribution is 0.124. The summed E-state index contributed by atoms with van der Waals surface area (Å²) in [5.41, 5.74) is 2.52. The average molecular weight is 221 g/mol. The lowest BCUT2D eigenvalue weighted by Gasteiger charge is -2.26. The first-order chi connectivity index (χ1) is 7.78. The normalized spacial score (nSPS) is 25.1. The van der Waals surface area contributed by atoms with Gasteiger partial charge in [-0.3, -0.25) is 0 Å². The van der Waals surface area contributed by atoms with Gasteiger partial charge in [-0.15, -0.1) is 0 Å². The average Bonchev–Trinajstić information content (AvgIpc) is 2.29. The van der Waals surface area contributed by atoms with Crippen LogP contribution in [0.25, 0.3) is 0 Å². The molecule has 16 heavy (non-hydrogen) atoms. The van der Waals surface area contributed by atoms with Gasteiger partial charge in [-0.1, -0.05) is 19.4 Å². The van der Waals surface area contributed by atoms with Crippen LogP contribution in [0.5, 0.6) is 5.88 Å². The minimum absolute atomic E-state index is 0.310. The zero-order valence-electron chi connectivity index (χ0n) is 9.65. The van der Waals surface area contributed by atoms with Crippen molar-refractivity contribution in [1.82, 2.24) is 4.98 Å². The number of nitrogen functional groups attached to an aromatic ring is 1. The molecule has 0 bridgehead atoms. The number of aromatic nitrogens is 1. The number of anilines is 1. The Bertz CT molecular complexity index is 343. The summed E-state index contributed by atoms with van der Waals surface area (Å²) >= 11 is 0. The highest BCUT2D eigenvalue weighted by atomic mass is 16.5. The van der Waals surface area contributed by atoms with Crippen molar-refractivity contribution < 1.29 is 4.74 Å². The summed E-state index contributed by atoms with van der Waals surface area (Å²) in [5.74, 6) is 7.37. The van der Waals surface area contributed by atoms with Gasteiger partial charge in [-0.2, -0.15) is 4.98 Å². The van der Waals surface area contributed by atoms with E-state index in [4.69, 9.17) is 10.6 Å². The van der Waals surface area contributed by atoms with Gasteiger partial charge in [0.15, 0.2) is 0 Å². The van der Waals surface area contributed by atoms with E-state index in [1.54, 1.807) is 0 Å². The Hall–Kier alpha value is -1.29. The van der Waals surface area contributed by atoms with Crippen molar-refractivity contribution in [2.24, 2.45) is 11.8 Å². The molecule has 1 aliphatic rings. The maximum Gasteiger partial charge on any atom is 0.215 e. The number of rotatable bonds is 3. The summed E-state index contributed by atoms with van der Waals surface area (Å²) in [4.78, 5) is 4.25. The topological polar surface area (TPSA) is 60.2 Å². The highest BCUT2D eigenvalue weighted by Crippen LogP contribution is 2.26. The quantitative estimate of drug-likeness (QED) is 0.607. The first kappa shape index (κ1) is 11.2. The van der Waals surface area contributed by atoms with Crippen molar-refractivity contribution in [2.75, 3.05) is 5.43 Å². The molecular weight excluding hydrogens is 202 g/mol. The maximum atomic E-state index is 5.86. The summed E-state index contributed by atoms with van der Waals surface area (Å²) in [6, 6.07) is 5.58. The lowest BCUT2D eigenvalue weighted by Crippen LogP contribution is -2.24. The van der Waals surface area contributed by atoms with Crippen molar-refractivity contribution in [3.63, 3.8) is 0 Å². The van der Waals surface area contributed by atoms with E-state index >= 15 is 0 Å². The van der Waals surface area contributed by atoms with E-state index in [2.05, 4.69) is 17.3 Å². The fourth-order valence-electron chi connectivity index (χ4n) is 2.22. The van der Waals surface area contributed by atoms with E-state index in [0.29, 0.717) is 17.8 Å². The molecule has 0 aromatic carbocycles. The monoisotopic (exact) mass is 221 g/mol. The van der Waals surface area contributed by atoms with Gasteiger partial charge in [0.05, 0.1) is 0 Å². The third-order valence-corrected chi connectivity index (χ3v) is 3.05. The first-order valence-corrected chi connectivity index (χ1v) is 5.88. The van der Waals surface area contributed by atoms with Gasteiger partial charge in [0.25, 0.3) is 0 Å². The highest BCUT2D eigenvalue weighted by Gasteiger charge is 2.20. The molecule has 0 amide bonds. The van der Waals surface area contributed by atoms with E-state index < -0.39 is 0 Å². The lowest BCUT2D eigenvalue weighted by atomic mass is 9.89. The number of hydrazine groups is 1. The van der Waals surface area contributed by atoms with E-state index in [0.717, 1.165) is 18.8 Å². The molecule has 1 fully saturated rings. The maximum absolute atomic E-state index is 5.86. The minimum atomic E-state index is 0.310. The van der Waals surface area contributed by atoms with Crippen LogP contribution in [0.4, 0.5) is 5.82 Å². The molecule has 0 radical (unpaired) electrons. The van der Waals surface area contributed by atoms with E-state index in [9.17, 15) is 0 Å². The number of nitrogens with two attached hydrogens (primary N) is 1. The van der Waals surface area contributed by atoms with Gasteiger partial charge in [0.2, 0.25) is 5.88 Å². The van der Waals surface area contributed by atoms with Crippen molar-refractivity contribution in [2.45, 2.75) is 38.7 Å². The minimum Gasteiger partial charge on any atom is -0.474 e. The number of nitrogens with one attached hydrogen (secondary N) is 1. The second kappa shape index (κ2) is 5.16. The fourth-order valence-corrected chi connectivity index (χ4v) is 2.22. The van der Waals surface area contributed by atoms with Crippen molar-refractivity contribution >= 4 is 5.82 Å². The Morgan fingerprint density at radius 3 is 3.06 bits per heavy atom. The molecule has 2 unspecified atom stereocenters. The molecule has 0 aliphatic heterocycles. The molecule has 88 valence electrons. The van der Waals surface area contributed by atoms with Crippen LogP contribution in [0.3, 0.4) is 0 Å². The third kappa shape index (κ3) is 2.85. The molecule has 1 aromatic heterocycles. The molecule has 1 aromatic rings. The van der Waals surface area contributed by atoms with Crippen LogP contribution in [0.2, 0.25) is 0 Å². The summed E-state index contributed by atoms with van der Waals surface area (Å²) in [5, 5.41) is 0. The van der Waals surface area contributed by atoms with Crippen LogP contribution in [-0.4, -0.2) is 11.1 Å². The van der Waals surface area contributed by atoms with E-state index in [-0.39, 0.29) is 0 Å². The molecule has 2 atom stereocenters. The molecule has 2 rings (SSSR count). The summed E-state index contributed by atoms with van der Waals surface area (Å²) in [6.45, 7) is 2.28. The van der Waals surface area contributed by atoms with Crippen LogP contribution in [-0.2, 0) is 0 Å². The Labute approximate surface area is 96.2 Å². The summed E-state index contributed by atoms with van der Waals surface area (Å²) in [7, 11) is 0. The summed E-state index contributed by atoms with van der Waals surface area (Å²) in [6.07, 6.45) is 5.14. The van der Waals surface area contributed by atoms with Gasteiger partial charge in [0, 0.05) is 6.07 Å². The predicted molar refractivity (Wildman–Crippen MR) is 64.1 cm³/mol. The molecule has 0 saturated heterocycles. The third-order valence-electron chi connectivity index (χ3n) is 3.05. The smallest absolute Gasteiger partial charge is 0.215 e. The first-order valence-electron chi connectivity index (χ1n) is 5.88. The molecule has 3 N–H and O–H groups in total. The molecule has 4 nitrogen and oxygen atoms in total. The van der Waals surface area contributed by atoms with Crippen LogP contribution in [0.1, 0.15) is 32.6 Å². The van der Waals surface area contributed by atoms with E-state index in [1.165, 1.54) is 12.8 Å². The van der Waals surface area contributed by atoms with Crippen molar-refractivity contribution in [3.05, 3.63) is 18.2 Å². The highest BCUT2D eigenvalue weighted by molar-refractivity contribution is 5.35. The second-order valence-electron chi connectivity index (χ2n) is 4.52.